The number of aromatic nitrogens is 2. The molecule has 6 nitrogen and oxygen atoms in total. The average molecular weight is 324 g/mol. The molecule has 1 aromatic carbocycles. The zero-order valence-electron chi connectivity index (χ0n) is 11.8. The quantitative estimate of drug-likeness (QED) is 0.762. The highest BCUT2D eigenvalue weighted by Gasteiger charge is 2.09. The van der Waals surface area contributed by atoms with Crippen LogP contribution < -0.4 is 15.4 Å². The van der Waals surface area contributed by atoms with Crippen molar-refractivity contribution in [2.75, 3.05) is 24.7 Å². The molecule has 0 unspecified atom stereocenters. The third-order valence-electron chi connectivity index (χ3n) is 2.44. The Morgan fingerprint density at radius 2 is 2.19 bits per heavy atom. The lowest BCUT2D eigenvalue weighted by Gasteiger charge is -2.09. The van der Waals surface area contributed by atoms with Crippen molar-refractivity contribution in [2.24, 2.45) is 0 Å². The van der Waals surface area contributed by atoms with Crippen molar-refractivity contribution >= 4 is 39.8 Å². The number of carbonyl (C=O) groups is 1. The molecule has 1 aromatic heterocycles. The van der Waals surface area contributed by atoms with E-state index in [9.17, 15) is 4.79 Å². The Kier molecular flexibility index (Phi) is 5.82. The van der Waals surface area contributed by atoms with Crippen molar-refractivity contribution in [3.8, 4) is 5.75 Å². The molecule has 0 bridgehead atoms. The van der Waals surface area contributed by atoms with Crippen molar-refractivity contribution in [2.45, 2.75) is 11.3 Å². The van der Waals surface area contributed by atoms with E-state index in [1.807, 2.05) is 31.2 Å². The van der Waals surface area contributed by atoms with Crippen molar-refractivity contribution in [1.82, 2.24) is 15.5 Å². The van der Waals surface area contributed by atoms with Crippen molar-refractivity contribution in [3.63, 3.8) is 0 Å². The van der Waals surface area contributed by atoms with Crippen LogP contribution in [0.2, 0.25) is 0 Å². The number of nitrogens with one attached hydrogen (secondary N) is 2. The Hall–Kier alpha value is -1.80. The molecule has 112 valence electrons. The van der Waals surface area contributed by atoms with Gasteiger partial charge in [-0.25, -0.2) is 0 Å². The molecule has 0 spiro atoms. The van der Waals surface area contributed by atoms with E-state index >= 15 is 0 Å². The summed E-state index contributed by atoms with van der Waals surface area (Å²) in [5, 5.41) is 14.5. The molecule has 0 saturated carbocycles. The van der Waals surface area contributed by atoms with Crippen LogP contribution in [0.4, 0.5) is 10.8 Å². The first kappa shape index (κ1) is 15.6. The molecule has 2 aromatic rings. The second-order valence-corrected chi connectivity index (χ2v) is 6.09. The van der Waals surface area contributed by atoms with Crippen LogP contribution in [-0.2, 0) is 4.79 Å². The monoisotopic (exact) mass is 324 g/mol. The maximum atomic E-state index is 11.2. The molecular formula is C13H16N4O2S2. The highest BCUT2D eigenvalue weighted by molar-refractivity contribution is 8.01. The molecule has 1 amide bonds. The fourth-order valence-corrected chi connectivity index (χ4v) is 3.12. The number of benzene rings is 1. The summed E-state index contributed by atoms with van der Waals surface area (Å²) >= 11 is 2.76. The van der Waals surface area contributed by atoms with Gasteiger partial charge in [0.2, 0.25) is 11.0 Å². The molecule has 21 heavy (non-hydrogen) atoms. The van der Waals surface area contributed by atoms with Gasteiger partial charge in [0.25, 0.3) is 0 Å². The standard InChI is InChI=1S/C13H16N4O2S2/c1-3-19-10-7-5-4-6-9(10)15-12-16-17-13(21-12)20-8-11(18)14-2/h4-7H,3,8H2,1-2H3,(H,14,18)(H,15,16). The largest absolute Gasteiger partial charge is 0.492 e. The van der Waals surface area contributed by atoms with Crippen LogP contribution in [0.25, 0.3) is 0 Å². The highest BCUT2D eigenvalue weighted by Crippen LogP contribution is 2.31. The molecular weight excluding hydrogens is 308 g/mol. The van der Waals surface area contributed by atoms with E-state index < -0.39 is 0 Å². The first-order chi connectivity index (χ1) is 10.2. The topological polar surface area (TPSA) is 76.1 Å². The molecule has 2 rings (SSSR count). The molecule has 0 radical (unpaired) electrons. The van der Waals surface area contributed by atoms with Crippen LogP contribution in [0.15, 0.2) is 28.6 Å². The predicted molar refractivity (Wildman–Crippen MR) is 85.6 cm³/mol. The van der Waals surface area contributed by atoms with Gasteiger partial charge in [0.05, 0.1) is 18.0 Å². The van der Waals surface area contributed by atoms with Gasteiger partial charge in [0, 0.05) is 7.05 Å². The molecule has 0 saturated heterocycles. The number of hydrogen-bond donors (Lipinski definition) is 2. The Bertz CT molecular complexity index is 603. The van der Waals surface area contributed by atoms with Crippen LogP contribution in [0.1, 0.15) is 6.92 Å². The third kappa shape index (κ3) is 4.61. The van der Waals surface area contributed by atoms with Gasteiger partial charge in [-0.05, 0) is 19.1 Å². The van der Waals surface area contributed by atoms with Gasteiger partial charge < -0.3 is 15.4 Å². The maximum Gasteiger partial charge on any atom is 0.230 e. The summed E-state index contributed by atoms with van der Waals surface area (Å²) in [6, 6.07) is 7.66. The van der Waals surface area contributed by atoms with E-state index in [4.69, 9.17) is 4.74 Å². The first-order valence-corrected chi connectivity index (χ1v) is 8.19. The summed E-state index contributed by atoms with van der Waals surface area (Å²) in [6.45, 7) is 2.54. The lowest BCUT2D eigenvalue weighted by Crippen LogP contribution is -2.19. The average Bonchev–Trinajstić information content (AvgIpc) is 2.94. The Morgan fingerprint density at radius 1 is 1.38 bits per heavy atom. The molecule has 0 fully saturated rings. The van der Waals surface area contributed by atoms with Gasteiger partial charge in [0.1, 0.15) is 5.75 Å². The van der Waals surface area contributed by atoms with Crippen LogP contribution in [0.5, 0.6) is 5.75 Å². The fraction of sp³-hybridized carbons (Fsp3) is 0.308. The SMILES string of the molecule is CCOc1ccccc1Nc1nnc(SCC(=O)NC)s1. The Morgan fingerprint density at radius 3 is 2.95 bits per heavy atom. The number of ether oxygens (including phenoxy) is 1. The summed E-state index contributed by atoms with van der Waals surface area (Å²) in [7, 11) is 1.61. The number of anilines is 2. The van der Waals surface area contributed by atoms with Crippen molar-refractivity contribution < 1.29 is 9.53 Å². The number of para-hydroxylation sites is 2. The molecule has 1 heterocycles. The molecule has 8 heteroatoms. The number of carbonyl (C=O) groups excluding carboxylic acids is 1. The summed E-state index contributed by atoms with van der Waals surface area (Å²) in [6.07, 6.45) is 0. The first-order valence-electron chi connectivity index (χ1n) is 6.38. The van der Waals surface area contributed by atoms with Gasteiger partial charge in [0.15, 0.2) is 4.34 Å². The van der Waals surface area contributed by atoms with Gasteiger partial charge in [-0.15, -0.1) is 10.2 Å². The van der Waals surface area contributed by atoms with E-state index in [2.05, 4.69) is 20.8 Å². The van der Waals surface area contributed by atoms with Gasteiger partial charge in [-0.2, -0.15) is 0 Å². The highest BCUT2D eigenvalue weighted by atomic mass is 32.2. The van der Waals surface area contributed by atoms with Crippen LogP contribution in [0, 0.1) is 0 Å². The number of amides is 1. The minimum absolute atomic E-state index is 0.0357. The summed E-state index contributed by atoms with van der Waals surface area (Å²) in [5.74, 6) is 1.07. The second kappa shape index (κ2) is 7.84. The summed E-state index contributed by atoms with van der Waals surface area (Å²) in [5.41, 5.74) is 0.846. The minimum atomic E-state index is -0.0357. The second-order valence-electron chi connectivity index (χ2n) is 3.89. The predicted octanol–water partition coefficient (Wildman–Crippen LogP) is 2.52. The molecule has 0 atom stereocenters. The van der Waals surface area contributed by atoms with E-state index in [0.717, 1.165) is 15.8 Å². The lowest BCUT2D eigenvalue weighted by molar-refractivity contribution is -0.118. The Balaban J connectivity index is 2.00. The van der Waals surface area contributed by atoms with E-state index in [0.29, 0.717) is 17.5 Å². The molecule has 2 N–H and O–H groups in total. The zero-order chi connectivity index (χ0) is 15.1. The van der Waals surface area contributed by atoms with E-state index in [1.54, 1.807) is 7.05 Å². The smallest absolute Gasteiger partial charge is 0.230 e. The number of hydrogen-bond acceptors (Lipinski definition) is 7. The maximum absolute atomic E-state index is 11.2. The van der Waals surface area contributed by atoms with Crippen LogP contribution in [0.3, 0.4) is 0 Å². The number of nitrogens with zero attached hydrogens (tertiary/aromatic N) is 2. The summed E-state index contributed by atoms with van der Waals surface area (Å²) in [4.78, 5) is 11.2. The summed E-state index contributed by atoms with van der Waals surface area (Å²) < 4.78 is 6.29. The van der Waals surface area contributed by atoms with E-state index in [1.165, 1.54) is 23.1 Å². The Labute approximate surface area is 131 Å². The minimum Gasteiger partial charge on any atom is -0.492 e. The van der Waals surface area contributed by atoms with Crippen LogP contribution >= 0.6 is 23.1 Å². The number of thioether (sulfide) groups is 1. The molecule has 0 aliphatic heterocycles. The third-order valence-corrected chi connectivity index (χ3v) is 4.41. The number of rotatable bonds is 7. The van der Waals surface area contributed by atoms with Crippen molar-refractivity contribution in [3.05, 3.63) is 24.3 Å². The normalized spacial score (nSPS) is 10.2. The van der Waals surface area contributed by atoms with Gasteiger partial charge >= 0.3 is 0 Å². The lowest BCUT2D eigenvalue weighted by atomic mass is 10.3. The van der Waals surface area contributed by atoms with Gasteiger partial charge in [-0.1, -0.05) is 35.2 Å². The zero-order valence-corrected chi connectivity index (χ0v) is 13.4. The van der Waals surface area contributed by atoms with Crippen LogP contribution in [-0.4, -0.2) is 35.5 Å². The molecule has 0 aliphatic carbocycles. The van der Waals surface area contributed by atoms with E-state index in [-0.39, 0.29) is 5.91 Å². The molecule has 0 aliphatic rings. The fourth-order valence-electron chi connectivity index (χ4n) is 1.48. The van der Waals surface area contributed by atoms with Crippen molar-refractivity contribution in [1.29, 1.82) is 0 Å². The van der Waals surface area contributed by atoms with Gasteiger partial charge in [-0.3, -0.25) is 4.79 Å².